The summed E-state index contributed by atoms with van der Waals surface area (Å²) >= 11 is 6.17. The average Bonchev–Trinajstić information content (AvgIpc) is 2.99. The number of nitrogens with zero attached hydrogens (tertiary/aromatic N) is 2. The minimum absolute atomic E-state index is 0.0678. The fraction of sp³-hybridized carbons (Fsp3) is 0.211. The molecule has 1 aliphatic heterocycles. The van der Waals surface area contributed by atoms with Crippen molar-refractivity contribution in [3.8, 4) is 11.4 Å². The Morgan fingerprint density at radius 3 is 2.80 bits per heavy atom. The highest BCUT2D eigenvalue weighted by molar-refractivity contribution is 6.30. The van der Waals surface area contributed by atoms with E-state index in [-0.39, 0.29) is 12.3 Å². The largest absolute Gasteiger partial charge is 0.469 e. The van der Waals surface area contributed by atoms with E-state index in [0.717, 1.165) is 16.6 Å². The summed E-state index contributed by atoms with van der Waals surface area (Å²) in [6.07, 6.45) is -0.0678. The second-order valence-corrected chi connectivity index (χ2v) is 6.78. The summed E-state index contributed by atoms with van der Waals surface area (Å²) in [7, 11) is 1.32. The van der Waals surface area contributed by atoms with Crippen LogP contribution in [-0.2, 0) is 14.9 Å². The molecule has 1 aliphatic rings. The topological polar surface area (TPSA) is 61.2 Å². The number of hydrogen-bond acceptors (Lipinski definition) is 4. The van der Waals surface area contributed by atoms with Gasteiger partial charge in [-0.1, -0.05) is 23.7 Å². The number of esters is 1. The van der Waals surface area contributed by atoms with Gasteiger partial charge in [-0.25, -0.2) is 4.98 Å². The third-order valence-electron chi connectivity index (χ3n) is 4.78. The molecule has 0 fully saturated rings. The zero-order valence-electron chi connectivity index (χ0n) is 13.7. The van der Waals surface area contributed by atoms with E-state index in [1.165, 1.54) is 7.11 Å². The molecule has 4 rings (SSSR count). The van der Waals surface area contributed by atoms with E-state index in [2.05, 4.69) is 4.98 Å². The van der Waals surface area contributed by atoms with Crippen LogP contribution in [0, 0.1) is 0 Å². The first-order chi connectivity index (χ1) is 12.0. The molecule has 0 radical (unpaired) electrons. The van der Waals surface area contributed by atoms with Crippen molar-refractivity contribution in [1.82, 2.24) is 9.55 Å². The van der Waals surface area contributed by atoms with Crippen LogP contribution in [0.1, 0.15) is 23.7 Å². The summed E-state index contributed by atoms with van der Waals surface area (Å²) in [6.45, 7) is 1.75. The molecule has 0 N–H and O–H groups in total. The molecule has 126 valence electrons. The Morgan fingerprint density at radius 1 is 1.28 bits per heavy atom. The standard InChI is InChI=1S/C19H15ClN2O3/c1-19(10-16(23)25-2)13-9-11(20)7-8-12(13)17-21-14-5-3-4-6-15(14)22(17)18(19)24/h3-9H,10H2,1-2H3. The van der Waals surface area contributed by atoms with Gasteiger partial charge in [0.25, 0.3) is 0 Å². The van der Waals surface area contributed by atoms with E-state index in [0.29, 0.717) is 16.4 Å². The molecule has 6 heteroatoms. The van der Waals surface area contributed by atoms with Crippen LogP contribution in [-0.4, -0.2) is 28.5 Å². The first-order valence-electron chi connectivity index (χ1n) is 7.85. The number of carbonyl (C=O) groups excluding carboxylic acids is 2. The highest BCUT2D eigenvalue weighted by Crippen LogP contribution is 2.44. The minimum atomic E-state index is -1.08. The van der Waals surface area contributed by atoms with Gasteiger partial charge in [0.15, 0.2) is 0 Å². The lowest BCUT2D eigenvalue weighted by Gasteiger charge is -2.34. The van der Waals surface area contributed by atoms with E-state index >= 15 is 0 Å². The number of benzene rings is 2. The number of methoxy groups -OCH3 is 1. The Labute approximate surface area is 149 Å². The van der Waals surface area contributed by atoms with Crippen LogP contribution in [0.25, 0.3) is 22.4 Å². The molecule has 0 saturated carbocycles. The third kappa shape index (κ3) is 2.19. The Morgan fingerprint density at radius 2 is 2.04 bits per heavy atom. The molecule has 0 bridgehead atoms. The molecule has 1 unspecified atom stereocenters. The number of ether oxygens (including phenoxy) is 1. The van der Waals surface area contributed by atoms with Crippen LogP contribution >= 0.6 is 11.6 Å². The Balaban J connectivity index is 2.06. The lowest BCUT2D eigenvalue weighted by molar-refractivity contribution is -0.141. The number of imidazole rings is 1. The van der Waals surface area contributed by atoms with Gasteiger partial charge in [0.05, 0.1) is 30.0 Å². The Kier molecular flexibility index (Phi) is 3.44. The summed E-state index contributed by atoms with van der Waals surface area (Å²) in [5.41, 5.74) is 1.86. The fourth-order valence-electron chi connectivity index (χ4n) is 3.47. The maximum Gasteiger partial charge on any atom is 0.306 e. The number of rotatable bonds is 2. The van der Waals surface area contributed by atoms with Gasteiger partial charge in [-0.2, -0.15) is 0 Å². The quantitative estimate of drug-likeness (QED) is 0.656. The number of carbonyl (C=O) groups is 2. The van der Waals surface area contributed by atoms with E-state index < -0.39 is 11.4 Å². The lowest BCUT2D eigenvalue weighted by Crippen LogP contribution is -2.42. The van der Waals surface area contributed by atoms with Crippen LogP contribution in [0.2, 0.25) is 5.02 Å². The first kappa shape index (κ1) is 15.8. The second kappa shape index (κ2) is 5.43. The first-order valence-corrected chi connectivity index (χ1v) is 8.23. The van der Waals surface area contributed by atoms with Gasteiger partial charge in [0, 0.05) is 10.6 Å². The monoisotopic (exact) mass is 354 g/mol. The average molecular weight is 355 g/mol. The van der Waals surface area contributed by atoms with E-state index in [9.17, 15) is 9.59 Å². The number of fused-ring (bicyclic) bond motifs is 5. The molecular formula is C19H15ClN2O3. The summed E-state index contributed by atoms with van der Waals surface area (Å²) in [5, 5.41) is 0.507. The number of para-hydroxylation sites is 2. The van der Waals surface area contributed by atoms with Crippen molar-refractivity contribution in [3.05, 3.63) is 53.1 Å². The highest BCUT2D eigenvalue weighted by Gasteiger charge is 2.46. The fourth-order valence-corrected chi connectivity index (χ4v) is 3.65. The van der Waals surface area contributed by atoms with Crippen molar-refractivity contribution in [2.45, 2.75) is 18.8 Å². The summed E-state index contributed by atoms with van der Waals surface area (Å²) in [4.78, 5) is 30.0. The van der Waals surface area contributed by atoms with Crippen molar-refractivity contribution in [1.29, 1.82) is 0 Å². The number of halogens is 1. The third-order valence-corrected chi connectivity index (χ3v) is 5.01. The number of hydrogen-bond donors (Lipinski definition) is 0. The van der Waals surface area contributed by atoms with Crippen molar-refractivity contribution in [3.63, 3.8) is 0 Å². The summed E-state index contributed by atoms with van der Waals surface area (Å²) < 4.78 is 6.41. The Bertz CT molecular complexity index is 1040. The van der Waals surface area contributed by atoms with Gasteiger partial charge >= 0.3 is 5.97 Å². The minimum Gasteiger partial charge on any atom is -0.469 e. The second-order valence-electron chi connectivity index (χ2n) is 6.34. The van der Waals surface area contributed by atoms with Gasteiger partial charge < -0.3 is 4.74 Å². The maximum absolute atomic E-state index is 13.4. The zero-order valence-corrected chi connectivity index (χ0v) is 14.5. The molecule has 0 saturated heterocycles. The Hall–Kier alpha value is -2.66. The smallest absolute Gasteiger partial charge is 0.306 e. The molecular weight excluding hydrogens is 340 g/mol. The van der Waals surface area contributed by atoms with Crippen LogP contribution in [0.5, 0.6) is 0 Å². The van der Waals surface area contributed by atoms with Crippen LogP contribution in [0.3, 0.4) is 0 Å². The molecule has 0 aliphatic carbocycles. The molecule has 2 aromatic carbocycles. The maximum atomic E-state index is 13.4. The SMILES string of the molecule is COC(=O)CC1(C)C(=O)n2c(nc3ccccc32)-c2ccc(Cl)cc21. The predicted molar refractivity (Wildman–Crippen MR) is 94.8 cm³/mol. The van der Waals surface area contributed by atoms with E-state index in [1.54, 1.807) is 23.6 Å². The van der Waals surface area contributed by atoms with E-state index in [1.807, 2.05) is 30.3 Å². The van der Waals surface area contributed by atoms with Crippen LogP contribution in [0.15, 0.2) is 42.5 Å². The van der Waals surface area contributed by atoms with Gasteiger partial charge in [-0.3, -0.25) is 14.2 Å². The number of aromatic nitrogens is 2. The molecule has 2 heterocycles. The van der Waals surface area contributed by atoms with Gasteiger partial charge in [0.1, 0.15) is 5.82 Å². The summed E-state index contributed by atoms with van der Waals surface area (Å²) in [5.74, 6) is -0.0915. The molecule has 3 aromatic rings. The molecule has 0 amide bonds. The van der Waals surface area contributed by atoms with E-state index in [4.69, 9.17) is 16.3 Å². The van der Waals surface area contributed by atoms with Gasteiger partial charge in [-0.05, 0) is 42.8 Å². The van der Waals surface area contributed by atoms with Crippen molar-refractivity contribution in [2.75, 3.05) is 7.11 Å². The highest BCUT2D eigenvalue weighted by atomic mass is 35.5. The normalized spacial score (nSPS) is 18.8. The molecule has 1 atom stereocenters. The lowest BCUT2D eigenvalue weighted by atomic mass is 9.74. The van der Waals surface area contributed by atoms with Gasteiger partial charge in [0.2, 0.25) is 5.91 Å². The van der Waals surface area contributed by atoms with Crippen molar-refractivity contribution in [2.24, 2.45) is 0 Å². The molecule has 5 nitrogen and oxygen atoms in total. The van der Waals surface area contributed by atoms with Crippen LogP contribution < -0.4 is 0 Å². The molecule has 25 heavy (non-hydrogen) atoms. The van der Waals surface area contributed by atoms with Crippen LogP contribution in [0.4, 0.5) is 0 Å². The molecule has 0 spiro atoms. The summed E-state index contributed by atoms with van der Waals surface area (Å²) in [6, 6.07) is 12.8. The van der Waals surface area contributed by atoms with Gasteiger partial charge in [-0.15, -0.1) is 0 Å². The van der Waals surface area contributed by atoms with Crippen molar-refractivity contribution >= 4 is 34.5 Å². The predicted octanol–water partition coefficient (Wildman–Crippen LogP) is 3.83. The zero-order chi connectivity index (χ0) is 17.8. The van der Waals surface area contributed by atoms with Crippen molar-refractivity contribution < 1.29 is 14.3 Å². The molecule has 1 aromatic heterocycles.